The number of nitrogens with two attached hydrogens (primary N) is 1. The quantitative estimate of drug-likeness (QED) is 0.834. The topological polar surface area (TPSA) is 66.6 Å². The lowest BCUT2D eigenvalue weighted by atomic mass is 9.97. The van der Waals surface area contributed by atoms with Crippen LogP contribution < -0.4 is 5.73 Å². The van der Waals surface area contributed by atoms with E-state index in [0.29, 0.717) is 12.3 Å². The van der Waals surface area contributed by atoms with Crippen molar-refractivity contribution in [2.75, 3.05) is 19.6 Å². The van der Waals surface area contributed by atoms with Gasteiger partial charge in [-0.15, -0.1) is 0 Å². The number of benzene rings is 1. The van der Waals surface area contributed by atoms with Crippen molar-refractivity contribution in [3.05, 3.63) is 35.9 Å². The number of rotatable bonds is 6. The van der Waals surface area contributed by atoms with Gasteiger partial charge in [-0.1, -0.05) is 30.3 Å². The lowest BCUT2D eigenvalue weighted by Crippen LogP contribution is -2.45. The lowest BCUT2D eigenvalue weighted by Gasteiger charge is -2.21. The number of carboxylic acids is 1. The van der Waals surface area contributed by atoms with Gasteiger partial charge < -0.3 is 15.7 Å². The molecule has 2 rings (SSSR count). The SMILES string of the molecule is CC(N)(CCCN1CCC(c2ccccc2)C1)C(=O)O. The van der Waals surface area contributed by atoms with Crippen molar-refractivity contribution in [3.63, 3.8) is 0 Å². The minimum atomic E-state index is -1.10. The highest BCUT2D eigenvalue weighted by Gasteiger charge is 2.28. The minimum Gasteiger partial charge on any atom is -0.480 e. The minimum absolute atomic E-state index is 0.523. The molecule has 0 saturated carbocycles. The average molecular weight is 276 g/mol. The number of carboxylic acid groups (broad SMARTS) is 1. The van der Waals surface area contributed by atoms with Gasteiger partial charge in [0.1, 0.15) is 5.54 Å². The zero-order valence-electron chi connectivity index (χ0n) is 12.1. The van der Waals surface area contributed by atoms with Crippen LogP contribution in [-0.4, -0.2) is 41.1 Å². The maximum Gasteiger partial charge on any atom is 0.323 e. The molecule has 1 aromatic carbocycles. The van der Waals surface area contributed by atoms with Crippen LogP contribution in [0.3, 0.4) is 0 Å². The van der Waals surface area contributed by atoms with Crippen LogP contribution >= 0.6 is 0 Å². The zero-order chi connectivity index (χ0) is 14.6. The second-order valence-corrected chi connectivity index (χ2v) is 6.02. The summed E-state index contributed by atoms with van der Waals surface area (Å²) in [6, 6.07) is 10.6. The van der Waals surface area contributed by atoms with Crippen LogP contribution in [0.25, 0.3) is 0 Å². The van der Waals surface area contributed by atoms with Gasteiger partial charge in [-0.05, 0) is 50.8 Å². The van der Waals surface area contributed by atoms with E-state index < -0.39 is 11.5 Å². The number of nitrogens with zero attached hydrogens (tertiary/aromatic N) is 1. The van der Waals surface area contributed by atoms with Gasteiger partial charge in [0.25, 0.3) is 0 Å². The fourth-order valence-electron chi connectivity index (χ4n) is 2.81. The molecule has 0 aliphatic carbocycles. The Morgan fingerprint density at radius 1 is 1.45 bits per heavy atom. The summed E-state index contributed by atoms with van der Waals surface area (Å²) in [5, 5.41) is 8.99. The van der Waals surface area contributed by atoms with E-state index in [1.807, 2.05) is 6.07 Å². The number of carbonyl (C=O) groups is 1. The van der Waals surface area contributed by atoms with Gasteiger partial charge in [-0.25, -0.2) is 0 Å². The van der Waals surface area contributed by atoms with Crippen molar-refractivity contribution in [2.24, 2.45) is 5.73 Å². The van der Waals surface area contributed by atoms with Crippen LogP contribution in [-0.2, 0) is 4.79 Å². The molecule has 3 N–H and O–H groups in total. The molecule has 0 amide bonds. The van der Waals surface area contributed by atoms with Crippen molar-refractivity contribution >= 4 is 5.97 Å². The normalized spacial score (nSPS) is 22.6. The number of aliphatic carboxylic acids is 1. The lowest BCUT2D eigenvalue weighted by molar-refractivity contribution is -0.142. The molecule has 1 fully saturated rings. The van der Waals surface area contributed by atoms with Crippen LogP contribution in [0.15, 0.2) is 30.3 Å². The third-order valence-electron chi connectivity index (χ3n) is 4.20. The van der Waals surface area contributed by atoms with Crippen LogP contribution in [0.2, 0.25) is 0 Å². The van der Waals surface area contributed by atoms with Crippen molar-refractivity contribution in [2.45, 2.75) is 37.6 Å². The maximum atomic E-state index is 10.9. The van der Waals surface area contributed by atoms with E-state index in [1.165, 1.54) is 12.0 Å². The number of hydrogen-bond acceptors (Lipinski definition) is 3. The molecule has 0 bridgehead atoms. The third-order valence-corrected chi connectivity index (χ3v) is 4.20. The fourth-order valence-corrected chi connectivity index (χ4v) is 2.81. The molecule has 1 aromatic rings. The molecule has 1 aliphatic heterocycles. The Labute approximate surface area is 120 Å². The Balaban J connectivity index is 1.76. The molecular formula is C16H24N2O2. The van der Waals surface area contributed by atoms with Crippen LogP contribution in [0.4, 0.5) is 0 Å². The van der Waals surface area contributed by atoms with E-state index in [4.69, 9.17) is 10.8 Å². The molecule has 0 aromatic heterocycles. The standard InChI is InChI=1S/C16H24N2O2/c1-16(17,15(19)20)9-5-10-18-11-8-14(12-18)13-6-3-2-4-7-13/h2-4,6-7,14H,5,8-12,17H2,1H3,(H,19,20). The van der Waals surface area contributed by atoms with Gasteiger partial charge in [0.05, 0.1) is 0 Å². The summed E-state index contributed by atoms with van der Waals surface area (Å²) in [7, 11) is 0. The first-order valence-corrected chi connectivity index (χ1v) is 7.28. The Kier molecular flexibility index (Phi) is 4.78. The highest BCUT2D eigenvalue weighted by Crippen LogP contribution is 2.27. The summed E-state index contributed by atoms with van der Waals surface area (Å²) in [4.78, 5) is 13.4. The van der Waals surface area contributed by atoms with Gasteiger partial charge in [-0.3, -0.25) is 4.79 Å². The summed E-state index contributed by atoms with van der Waals surface area (Å²) in [6.45, 7) is 4.68. The zero-order valence-corrected chi connectivity index (χ0v) is 12.1. The molecule has 0 spiro atoms. The second-order valence-electron chi connectivity index (χ2n) is 6.02. The third kappa shape index (κ3) is 3.81. The predicted octanol–water partition coefficient (Wildman–Crippen LogP) is 2.06. The van der Waals surface area contributed by atoms with E-state index in [0.717, 1.165) is 26.1 Å². The molecule has 0 radical (unpaired) electrons. The molecule has 4 heteroatoms. The van der Waals surface area contributed by atoms with E-state index in [-0.39, 0.29) is 0 Å². The first kappa shape index (κ1) is 15.0. The summed E-state index contributed by atoms with van der Waals surface area (Å²) in [6.07, 6.45) is 2.54. The molecule has 2 unspecified atom stereocenters. The van der Waals surface area contributed by atoms with Crippen LogP contribution in [0, 0.1) is 0 Å². The molecular weight excluding hydrogens is 252 g/mol. The Bertz CT molecular complexity index is 445. The first-order valence-electron chi connectivity index (χ1n) is 7.28. The smallest absolute Gasteiger partial charge is 0.323 e. The molecule has 20 heavy (non-hydrogen) atoms. The van der Waals surface area contributed by atoms with E-state index in [2.05, 4.69) is 29.2 Å². The molecule has 1 saturated heterocycles. The van der Waals surface area contributed by atoms with E-state index >= 15 is 0 Å². The van der Waals surface area contributed by atoms with Crippen molar-refractivity contribution < 1.29 is 9.90 Å². The van der Waals surface area contributed by atoms with Crippen LogP contribution in [0.1, 0.15) is 37.7 Å². The molecule has 2 atom stereocenters. The van der Waals surface area contributed by atoms with Crippen molar-refractivity contribution in [3.8, 4) is 0 Å². The number of hydrogen-bond donors (Lipinski definition) is 2. The van der Waals surface area contributed by atoms with Gasteiger partial charge in [0.2, 0.25) is 0 Å². The number of likely N-dealkylation sites (tertiary alicyclic amines) is 1. The van der Waals surface area contributed by atoms with Gasteiger partial charge in [-0.2, -0.15) is 0 Å². The molecule has 110 valence electrons. The molecule has 4 nitrogen and oxygen atoms in total. The second kappa shape index (κ2) is 6.37. The predicted molar refractivity (Wildman–Crippen MR) is 79.7 cm³/mol. The summed E-state index contributed by atoms with van der Waals surface area (Å²) in [5.41, 5.74) is 6.05. The molecule has 1 aliphatic rings. The van der Waals surface area contributed by atoms with Gasteiger partial charge in [0.15, 0.2) is 0 Å². The maximum absolute atomic E-state index is 10.9. The monoisotopic (exact) mass is 276 g/mol. The summed E-state index contributed by atoms with van der Waals surface area (Å²) in [5.74, 6) is -0.305. The fraction of sp³-hybridized carbons (Fsp3) is 0.562. The van der Waals surface area contributed by atoms with Gasteiger partial charge >= 0.3 is 5.97 Å². The highest BCUT2D eigenvalue weighted by atomic mass is 16.4. The van der Waals surface area contributed by atoms with Crippen molar-refractivity contribution in [1.29, 1.82) is 0 Å². The summed E-state index contributed by atoms with van der Waals surface area (Å²) >= 11 is 0. The largest absolute Gasteiger partial charge is 0.480 e. The van der Waals surface area contributed by atoms with Crippen LogP contribution in [0.5, 0.6) is 0 Å². The van der Waals surface area contributed by atoms with E-state index in [1.54, 1.807) is 6.92 Å². The summed E-state index contributed by atoms with van der Waals surface area (Å²) < 4.78 is 0. The Hall–Kier alpha value is -1.39. The Morgan fingerprint density at radius 2 is 2.15 bits per heavy atom. The van der Waals surface area contributed by atoms with Gasteiger partial charge in [0, 0.05) is 6.54 Å². The van der Waals surface area contributed by atoms with Crippen molar-refractivity contribution in [1.82, 2.24) is 4.90 Å². The van der Waals surface area contributed by atoms with E-state index in [9.17, 15) is 4.79 Å². The highest BCUT2D eigenvalue weighted by molar-refractivity contribution is 5.77. The molecule has 1 heterocycles. The first-order chi connectivity index (χ1) is 9.49. The Morgan fingerprint density at radius 3 is 2.80 bits per heavy atom. The average Bonchev–Trinajstić information content (AvgIpc) is 2.88.